The zero-order valence-corrected chi connectivity index (χ0v) is 9.13. The number of benzene rings is 1. The highest BCUT2D eigenvalue weighted by Gasteiger charge is 2.38. The maximum atomic E-state index is 3.67. The van der Waals surface area contributed by atoms with Crippen LogP contribution in [0.15, 0.2) is 24.3 Å². The van der Waals surface area contributed by atoms with Gasteiger partial charge in [0.05, 0.1) is 0 Å². The Morgan fingerprint density at radius 2 is 1.80 bits per heavy atom. The van der Waals surface area contributed by atoms with Gasteiger partial charge in [-0.3, -0.25) is 0 Å². The van der Waals surface area contributed by atoms with Crippen molar-refractivity contribution in [1.82, 2.24) is 0 Å². The van der Waals surface area contributed by atoms with E-state index >= 15 is 0 Å². The van der Waals surface area contributed by atoms with Crippen LogP contribution in [0.3, 0.4) is 0 Å². The van der Waals surface area contributed by atoms with Crippen LogP contribution >= 0.6 is 0 Å². The van der Waals surface area contributed by atoms with Crippen LogP contribution < -0.4 is 4.99 Å². The molecular weight excluding hydrogens is 182 g/mol. The fourth-order valence-corrected chi connectivity index (χ4v) is 3.03. The smallest absolute Gasteiger partial charge is 0.169 e. The van der Waals surface area contributed by atoms with E-state index in [0.717, 1.165) is 0 Å². The summed E-state index contributed by atoms with van der Waals surface area (Å²) in [6.45, 7) is 0. The van der Waals surface area contributed by atoms with E-state index in [1.807, 2.05) is 0 Å². The zero-order valence-electron chi connectivity index (χ0n) is 9.13. The van der Waals surface area contributed by atoms with E-state index < -0.39 is 0 Å². The summed E-state index contributed by atoms with van der Waals surface area (Å²) in [5.74, 6) is 0. The van der Waals surface area contributed by atoms with E-state index in [4.69, 9.17) is 0 Å². The molecule has 1 saturated carbocycles. The van der Waals surface area contributed by atoms with Gasteiger partial charge in [-0.15, -0.1) is 0 Å². The second-order valence-corrected chi connectivity index (χ2v) is 5.01. The first-order valence-electron chi connectivity index (χ1n) is 6.07. The molecule has 1 fully saturated rings. The van der Waals surface area contributed by atoms with Crippen molar-refractivity contribution >= 4 is 6.21 Å². The fourth-order valence-electron chi connectivity index (χ4n) is 3.03. The monoisotopic (exact) mass is 200 g/mol. The Morgan fingerprint density at radius 1 is 1.00 bits per heavy atom. The fraction of sp³-hybridized carbons (Fsp3) is 0.500. The Bertz CT molecular complexity index is 386. The molecule has 1 aromatic rings. The van der Waals surface area contributed by atoms with Crippen LogP contribution in [0.5, 0.6) is 0 Å². The van der Waals surface area contributed by atoms with E-state index in [1.165, 1.54) is 49.7 Å². The van der Waals surface area contributed by atoms with Crippen molar-refractivity contribution in [2.75, 3.05) is 0 Å². The van der Waals surface area contributed by atoms with Gasteiger partial charge in [0.2, 0.25) is 0 Å². The van der Waals surface area contributed by atoms with Crippen LogP contribution in [-0.2, 0) is 6.42 Å². The van der Waals surface area contributed by atoms with Gasteiger partial charge in [0.1, 0.15) is 0 Å². The van der Waals surface area contributed by atoms with Crippen molar-refractivity contribution < 1.29 is 4.99 Å². The van der Waals surface area contributed by atoms with Crippen molar-refractivity contribution in [1.29, 1.82) is 0 Å². The highest BCUT2D eigenvalue weighted by molar-refractivity contribution is 5.78. The number of hydrogen-bond acceptors (Lipinski definition) is 0. The zero-order chi connectivity index (χ0) is 10.1. The molecule has 1 aromatic carbocycles. The maximum Gasteiger partial charge on any atom is 0.169 e. The lowest BCUT2D eigenvalue weighted by Gasteiger charge is -2.31. The van der Waals surface area contributed by atoms with Gasteiger partial charge in [-0.25, -0.2) is 4.99 Å². The van der Waals surface area contributed by atoms with Gasteiger partial charge in [0.25, 0.3) is 0 Å². The molecule has 1 N–H and O–H groups in total. The minimum Gasteiger partial charge on any atom is -0.242 e. The van der Waals surface area contributed by atoms with E-state index in [9.17, 15) is 0 Å². The molecule has 0 atom stereocenters. The molecule has 0 aromatic heterocycles. The molecule has 1 nitrogen and oxygen atoms in total. The molecule has 0 radical (unpaired) electrons. The SMILES string of the molecule is C1=[NH+]C2(CCCCC2)Cc2ccccc21. The van der Waals surface area contributed by atoms with Crippen molar-refractivity contribution in [3.05, 3.63) is 35.4 Å². The molecule has 0 saturated heterocycles. The summed E-state index contributed by atoms with van der Waals surface area (Å²) in [5, 5.41) is 0. The van der Waals surface area contributed by atoms with Crippen molar-refractivity contribution in [3.63, 3.8) is 0 Å². The van der Waals surface area contributed by atoms with Crippen molar-refractivity contribution in [2.45, 2.75) is 44.1 Å². The first-order chi connectivity index (χ1) is 7.38. The van der Waals surface area contributed by atoms with Gasteiger partial charge in [-0.2, -0.15) is 0 Å². The summed E-state index contributed by atoms with van der Waals surface area (Å²) >= 11 is 0. The Morgan fingerprint density at radius 3 is 2.67 bits per heavy atom. The Balaban J connectivity index is 1.94. The van der Waals surface area contributed by atoms with Crippen molar-refractivity contribution in [2.24, 2.45) is 0 Å². The van der Waals surface area contributed by atoms with Crippen molar-refractivity contribution in [3.8, 4) is 0 Å². The lowest BCUT2D eigenvalue weighted by molar-refractivity contribution is -0.557. The third-order valence-electron chi connectivity index (χ3n) is 3.93. The number of nitrogens with one attached hydrogen (secondary N) is 1. The summed E-state index contributed by atoms with van der Waals surface area (Å²) in [6, 6.07) is 8.77. The molecule has 1 spiro atoms. The van der Waals surface area contributed by atoms with Crippen LogP contribution in [0.2, 0.25) is 0 Å². The lowest BCUT2D eigenvalue weighted by atomic mass is 9.76. The summed E-state index contributed by atoms with van der Waals surface area (Å²) in [7, 11) is 0. The third kappa shape index (κ3) is 1.60. The molecular formula is C14H18N+. The van der Waals surface area contributed by atoms with Gasteiger partial charge < -0.3 is 0 Å². The minimum atomic E-state index is 0.395. The third-order valence-corrected chi connectivity index (χ3v) is 3.93. The molecule has 1 heterocycles. The standard InChI is InChI=1S/C14H17N/c1-4-8-14(9-5-1)10-12-6-2-3-7-13(12)11-15-14/h2-3,6-7,11H,1,4-5,8-10H2/p+1. The average Bonchev–Trinajstić information content (AvgIpc) is 2.30. The molecule has 0 unspecified atom stereocenters. The molecule has 0 bridgehead atoms. The minimum absolute atomic E-state index is 0.395. The molecule has 1 heteroatoms. The molecule has 3 rings (SSSR count). The highest BCUT2D eigenvalue weighted by atomic mass is 14.9. The molecule has 1 aliphatic carbocycles. The van der Waals surface area contributed by atoms with Crippen LogP contribution in [-0.4, -0.2) is 11.8 Å². The molecule has 1 aliphatic heterocycles. The Hall–Kier alpha value is -1.11. The normalized spacial score (nSPS) is 22.7. The largest absolute Gasteiger partial charge is 0.242 e. The van der Waals surface area contributed by atoms with E-state index in [1.54, 1.807) is 0 Å². The summed E-state index contributed by atoms with van der Waals surface area (Å²) in [4.78, 5) is 3.67. The molecule has 78 valence electrons. The summed E-state index contributed by atoms with van der Waals surface area (Å²) in [6.07, 6.45) is 10.3. The molecule has 0 amide bonds. The number of rotatable bonds is 0. The van der Waals surface area contributed by atoms with Gasteiger partial charge in [0, 0.05) is 24.8 Å². The van der Waals surface area contributed by atoms with Gasteiger partial charge in [-0.1, -0.05) is 24.6 Å². The number of hydrogen-bond donors (Lipinski definition) is 1. The maximum absolute atomic E-state index is 3.67. The van der Waals surface area contributed by atoms with E-state index in [-0.39, 0.29) is 0 Å². The van der Waals surface area contributed by atoms with Gasteiger partial charge in [-0.05, 0) is 24.5 Å². The first kappa shape index (κ1) is 9.14. The predicted octanol–water partition coefficient (Wildman–Crippen LogP) is 1.45. The van der Waals surface area contributed by atoms with E-state index in [2.05, 4.69) is 35.5 Å². The van der Waals surface area contributed by atoms with Crippen LogP contribution in [0.25, 0.3) is 0 Å². The summed E-state index contributed by atoms with van der Waals surface area (Å²) < 4.78 is 0. The van der Waals surface area contributed by atoms with Crippen LogP contribution in [0.4, 0.5) is 0 Å². The van der Waals surface area contributed by atoms with Crippen LogP contribution in [0.1, 0.15) is 43.2 Å². The highest BCUT2D eigenvalue weighted by Crippen LogP contribution is 2.29. The summed E-state index contributed by atoms with van der Waals surface area (Å²) in [5.41, 5.74) is 3.30. The quantitative estimate of drug-likeness (QED) is 0.651. The second-order valence-electron chi connectivity index (χ2n) is 5.01. The van der Waals surface area contributed by atoms with Gasteiger partial charge >= 0.3 is 0 Å². The first-order valence-corrected chi connectivity index (χ1v) is 6.07. The predicted molar refractivity (Wildman–Crippen MR) is 62.1 cm³/mol. The van der Waals surface area contributed by atoms with E-state index in [0.29, 0.717) is 5.54 Å². The second kappa shape index (κ2) is 3.48. The topological polar surface area (TPSA) is 14.0 Å². The van der Waals surface area contributed by atoms with Gasteiger partial charge in [0.15, 0.2) is 11.8 Å². The Labute approximate surface area is 91.2 Å². The Kier molecular flexibility index (Phi) is 2.12. The number of fused-ring (bicyclic) bond motifs is 1. The molecule has 2 aliphatic rings. The average molecular weight is 200 g/mol. The van der Waals surface area contributed by atoms with Crippen LogP contribution in [0, 0.1) is 0 Å². The molecule has 15 heavy (non-hydrogen) atoms. The lowest BCUT2D eigenvalue weighted by Crippen LogP contribution is -2.87.